The maximum absolute atomic E-state index is 13.2. The van der Waals surface area contributed by atoms with Crippen molar-refractivity contribution in [2.24, 2.45) is 0 Å². The molecular formula is C23H22Cl2N4O4S2. The molecule has 2 aromatic carbocycles. The van der Waals surface area contributed by atoms with E-state index in [2.05, 4.69) is 20.2 Å². The molecule has 1 atom stereocenters. The molecule has 1 aromatic heterocycles. The Kier molecular flexibility index (Phi) is 6.75. The van der Waals surface area contributed by atoms with Gasteiger partial charge in [0.15, 0.2) is 0 Å². The number of carbonyl (C=O) groups is 1. The lowest BCUT2D eigenvalue weighted by atomic mass is 9.77. The number of hydrogen-bond donors (Lipinski definition) is 2. The van der Waals surface area contributed by atoms with E-state index in [4.69, 9.17) is 27.9 Å². The first kappa shape index (κ1) is 24.5. The number of aromatic nitrogens is 2. The van der Waals surface area contributed by atoms with Crippen LogP contribution in [0.15, 0.2) is 46.8 Å². The molecule has 184 valence electrons. The lowest BCUT2D eigenvalue weighted by Gasteiger charge is -2.44. The fourth-order valence-electron chi connectivity index (χ4n) is 4.67. The Bertz CT molecular complexity index is 1370. The van der Waals surface area contributed by atoms with Gasteiger partial charge in [-0.3, -0.25) is 10.1 Å². The summed E-state index contributed by atoms with van der Waals surface area (Å²) < 4.78 is 35.5. The summed E-state index contributed by atoms with van der Waals surface area (Å²) in [7, 11) is -4.01. The largest absolute Gasteiger partial charge is 0.487 e. The van der Waals surface area contributed by atoms with E-state index >= 15 is 0 Å². The van der Waals surface area contributed by atoms with Gasteiger partial charge in [0.1, 0.15) is 11.4 Å². The Morgan fingerprint density at radius 2 is 1.86 bits per heavy atom. The molecule has 1 fully saturated rings. The van der Waals surface area contributed by atoms with Gasteiger partial charge in [0.05, 0.1) is 16.6 Å². The van der Waals surface area contributed by atoms with Crippen molar-refractivity contribution in [1.29, 1.82) is 0 Å². The number of para-hydroxylation sites is 1. The summed E-state index contributed by atoms with van der Waals surface area (Å²) in [4.78, 5) is 12.6. The number of halogens is 2. The van der Waals surface area contributed by atoms with Crippen molar-refractivity contribution < 1.29 is 17.9 Å². The zero-order valence-corrected chi connectivity index (χ0v) is 21.6. The second-order valence-electron chi connectivity index (χ2n) is 8.71. The topological polar surface area (TPSA) is 110 Å². The van der Waals surface area contributed by atoms with Crippen LogP contribution in [0.5, 0.6) is 5.75 Å². The Labute approximate surface area is 217 Å². The van der Waals surface area contributed by atoms with Crippen LogP contribution in [-0.4, -0.2) is 30.1 Å². The second kappa shape index (κ2) is 9.67. The molecule has 1 amide bonds. The second-order valence-corrected chi connectivity index (χ2v) is 12.4. The van der Waals surface area contributed by atoms with Gasteiger partial charge in [-0.05, 0) is 49.9 Å². The molecular weight excluding hydrogens is 531 g/mol. The summed E-state index contributed by atoms with van der Waals surface area (Å²) in [5.74, 6) is 0.163. The monoisotopic (exact) mass is 552 g/mol. The van der Waals surface area contributed by atoms with Crippen LogP contribution in [-0.2, 0) is 10.0 Å². The average Bonchev–Trinajstić information content (AvgIpc) is 3.29. The molecule has 5 rings (SSSR count). The number of amides is 1. The van der Waals surface area contributed by atoms with Crippen LogP contribution in [0, 0.1) is 0 Å². The first-order valence-corrected chi connectivity index (χ1v) is 14.2. The van der Waals surface area contributed by atoms with Crippen LogP contribution >= 0.6 is 34.5 Å². The minimum Gasteiger partial charge on any atom is -0.487 e. The number of hydrogen-bond acceptors (Lipinski definition) is 7. The maximum Gasteiger partial charge on any atom is 0.270 e. The maximum atomic E-state index is 13.2. The number of sulfonamides is 1. The molecule has 1 spiro atoms. The Morgan fingerprint density at radius 1 is 1.09 bits per heavy atom. The summed E-state index contributed by atoms with van der Waals surface area (Å²) in [6.45, 7) is 0. The van der Waals surface area contributed by atoms with Gasteiger partial charge in [-0.25, -0.2) is 13.1 Å². The molecule has 35 heavy (non-hydrogen) atoms. The molecule has 12 heteroatoms. The van der Waals surface area contributed by atoms with Crippen LogP contribution < -0.4 is 14.8 Å². The van der Waals surface area contributed by atoms with Crippen LogP contribution in [0.2, 0.25) is 10.0 Å². The summed E-state index contributed by atoms with van der Waals surface area (Å²) in [6.07, 6.45) is 5.59. The quantitative estimate of drug-likeness (QED) is 0.398. The number of ether oxygens (including phenoxy) is 1. The lowest BCUT2D eigenvalue weighted by Crippen LogP contribution is -2.46. The van der Waals surface area contributed by atoms with Gasteiger partial charge in [0.25, 0.3) is 15.9 Å². The van der Waals surface area contributed by atoms with E-state index in [9.17, 15) is 13.2 Å². The van der Waals surface area contributed by atoms with E-state index in [0.29, 0.717) is 17.2 Å². The fraction of sp³-hybridized carbons (Fsp3) is 0.348. The smallest absolute Gasteiger partial charge is 0.270 e. The van der Waals surface area contributed by atoms with Gasteiger partial charge in [-0.1, -0.05) is 59.2 Å². The third kappa shape index (κ3) is 5.17. The number of anilines is 1. The van der Waals surface area contributed by atoms with E-state index < -0.39 is 22.0 Å². The minimum absolute atomic E-state index is 0.0394. The van der Waals surface area contributed by atoms with Crippen molar-refractivity contribution >= 4 is 55.6 Å². The molecule has 2 aliphatic rings. The first-order valence-electron chi connectivity index (χ1n) is 11.1. The third-order valence-electron chi connectivity index (χ3n) is 6.29. The van der Waals surface area contributed by atoms with Crippen molar-refractivity contribution in [3.63, 3.8) is 0 Å². The zero-order chi connectivity index (χ0) is 24.6. The van der Waals surface area contributed by atoms with Gasteiger partial charge in [-0.2, -0.15) is 0 Å². The number of carbonyl (C=O) groups excluding carboxylic acids is 1. The number of nitrogens with one attached hydrogen (secondary N) is 2. The number of benzene rings is 2. The van der Waals surface area contributed by atoms with Gasteiger partial charge < -0.3 is 4.74 Å². The molecule has 2 heterocycles. The van der Waals surface area contributed by atoms with Crippen molar-refractivity contribution in [2.45, 2.75) is 54.5 Å². The molecule has 0 saturated heterocycles. The van der Waals surface area contributed by atoms with E-state index in [-0.39, 0.29) is 25.7 Å². The fourth-order valence-corrected chi connectivity index (χ4v) is 7.29. The van der Waals surface area contributed by atoms with Gasteiger partial charge in [-0.15, -0.1) is 10.2 Å². The highest BCUT2D eigenvalue weighted by Crippen LogP contribution is 2.46. The standard InChI is InChI=1S/C23H22Cl2N4O4S2/c24-14-8-9-15(17(25)12-14)20(30)26-21-27-28-22(34-21)35(31,32)29-18-13-23(10-4-1-5-11-23)33-19-7-3-2-6-16(18)19/h2-3,6-9,12,18,29H,1,4-5,10-11,13H2,(H,26,27,30)/t18-/m1/s1. The lowest BCUT2D eigenvalue weighted by molar-refractivity contribution is 0.0000716. The van der Waals surface area contributed by atoms with E-state index in [1.165, 1.54) is 18.2 Å². The molecule has 2 N–H and O–H groups in total. The van der Waals surface area contributed by atoms with E-state index in [0.717, 1.165) is 49.0 Å². The van der Waals surface area contributed by atoms with Crippen LogP contribution in [0.1, 0.15) is 60.5 Å². The van der Waals surface area contributed by atoms with Crippen molar-refractivity contribution in [1.82, 2.24) is 14.9 Å². The van der Waals surface area contributed by atoms with Crippen molar-refractivity contribution in [3.8, 4) is 5.75 Å². The molecule has 3 aromatic rings. The predicted octanol–water partition coefficient (Wildman–Crippen LogP) is 5.60. The molecule has 1 saturated carbocycles. The molecule has 0 radical (unpaired) electrons. The molecule has 1 aliphatic heterocycles. The minimum atomic E-state index is -4.01. The average molecular weight is 553 g/mol. The van der Waals surface area contributed by atoms with Crippen LogP contribution in [0.3, 0.4) is 0 Å². The summed E-state index contributed by atoms with van der Waals surface area (Å²) in [5, 5.41) is 10.8. The molecule has 0 bridgehead atoms. The van der Waals surface area contributed by atoms with E-state index in [1.807, 2.05) is 24.3 Å². The number of rotatable bonds is 5. The van der Waals surface area contributed by atoms with Gasteiger partial charge in [0, 0.05) is 17.0 Å². The molecule has 8 nitrogen and oxygen atoms in total. The number of fused-ring (bicyclic) bond motifs is 1. The summed E-state index contributed by atoms with van der Waals surface area (Å²) in [5.41, 5.74) is 0.603. The highest BCUT2D eigenvalue weighted by Gasteiger charge is 2.43. The predicted molar refractivity (Wildman–Crippen MR) is 135 cm³/mol. The van der Waals surface area contributed by atoms with Crippen LogP contribution in [0.4, 0.5) is 5.13 Å². The Morgan fingerprint density at radius 3 is 2.63 bits per heavy atom. The summed E-state index contributed by atoms with van der Waals surface area (Å²) >= 11 is 12.7. The molecule has 1 aliphatic carbocycles. The zero-order valence-electron chi connectivity index (χ0n) is 18.5. The highest BCUT2D eigenvalue weighted by molar-refractivity contribution is 7.91. The molecule has 0 unspecified atom stereocenters. The van der Waals surface area contributed by atoms with Crippen LogP contribution in [0.25, 0.3) is 0 Å². The highest BCUT2D eigenvalue weighted by atomic mass is 35.5. The number of nitrogens with zero attached hydrogens (tertiary/aromatic N) is 2. The van der Waals surface area contributed by atoms with Crippen molar-refractivity contribution in [2.75, 3.05) is 5.32 Å². The first-order chi connectivity index (χ1) is 16.7. The normalized spacial score (nSPS) is 19.1. The van der Waals surface area contributed by atoms with Gasteiger partial charge in [0.2, 0.25) is 9.47 Å². The summed E-state index contributed by atoms with van der Waals surface area (Å²) in [6, 6.07) is 11.5. The Hall–Kier alpha value is -2.24. The van der Waals surface area contributed by atoms with Crippen molar-refractivity contribution in [3.05, 3.63) is 63.6 Å². The Balaban J connectivity index is 1.35. The van der Waals surface area contributed by atoms with E-state index in [1.54, 1.807) is 0 Å². The third-order valence-corrected chi connectivity index (χ3v) is 9.52. The SMILES string of the molecule is O=C(Nc1nnc(S(=O)(=O)N[C@@H]2CC3(CCCCC3)Oc3ccccc32)s1)c1ccc(Cl)cc1Cl. The van der Waals surface area contributed by atoms with Gasteiger partial charge >= 0.3 is 0 Å².